The van der Waals surface area contributed by atoms with Crippen LogP contribution in [-0.4, -0.2) is 79.9 Å². The van der Waals surface area contributed by atoms with Crippen molar-refractivity contribution >= 4 is 11.8 Å². The molecule has 0 aliphatic carbocycles. The van der Waals surface area contributed by atoms with E-state index >= 15 is 0 Å². The van der Waals surface area contributed by atoms with Crippen LogP contribution in [0.5, 0.6) is 0 Å². The van der Waals surface area contributed by atoms with Crippen molar-refractivity contribution in [2.45, 2.75) is 52.6 Å². The molecule has 11 nitrogen and oxygen atoms in total. The predicted molar refractivity (Wildman–Crippen MR) is 112 cm³/mol. The van der Waals surface area contributed by atoms with Crippen molar-refractivity contribution in [2.24, 2.45) is 0 Å². The summed E-state index contributed by atoms with van der Waals surface area (Å²) in [5.41, 5.74) is 1.75. The molecule has 0 aliphatic rings. The predicted octanol–water partition coefficient (Wildman–Crippen LogP) is -0.361. The first-order valence-electron chi connectivity index (χ1n) is 10.5. The summed E-state index contributed by atoms with van der Waals surface area (Å²) in [6.45, 7) is 7.97. The Morgan fingerprint density at radius 1 is 0.867 bits per heavy atom. The number of hydrogen-bond acceptors (Lipinski definition) is 7. The molecule has 0 aromatic carbocycles. The van der Waals surface area contributed by atoms with E-state index in [-0.39, 0.29) is 11.8 Å². The first-order valence-corrected chi connectivity index (χ1v) is 10.5. The third kappa shape index (κ3) is 8.68. The lowest BCUT2D eigenvalue weighted by Gasteiger charge is -2.15. The van der Waals surface area contributed by atoms with Crippen LogP contribution in [0.15, 0.2) is 12.4 Å². The van der Waals surface area contributed by atoms with Crippen LogP contribution in [0.4, 0.5) is 0 Å². The van der Waals surface area contributed by atoms with Gasteiger partial charge in [-0.15, -0.1) is 10.2 Å². The highest BCUT2D eigenvalue weighted by Crippen LogP contribution is 1.97. The molecule has 2 rings (SSSR count). The molecule has 0 bridgehead atoms. The normalized spacial score (nSPS) is 11.1. The van der Waals surface area contributed by atoms with Crippen molar-refractivity contribution in [3.05, 3.63) is 23.8 Å². The van der Waals surface area contributed by atoms with E-state index in [1.165, 1.54) is 0 Å². The Morgan fingerprint density at radius 3 is 1.70 bits per heavy atom. The number of rotatable bonds is 14. The third-order valence-corrected chi connectivity index (χ3v) is 4.64. The minimum absolute atomic E-state index is 0.0479. The number of amides is 2. The molecular weight excluding hydrogens is 386 g/mol. The summed E-state index contributed by atoms with van der Waals surface area (Å²) in [6, 6.07) is 0. The van der Waals surface area contributed by atoms with Gasteiger partial charge in [-0.3, -0.25) is 19.0 Å². The van der Waals surface area contributed by atoms with E-state index in [1.54, 1.807) is 0 Å². The van der Waals surface area contributed by atoms with E-state index in [2.05, 4.69) is 43.2 Å². The van der Waals surface area contributed by atoms with Gasteiger partial charge in [-0.25, -0.2) is 0 Å². The molecule has 0 saturated heterocycles. The number of hydrogen-bond donors (Lipinski definition) is 2. The highest BCUT2D eigenvalue weighted by molar-refractivity contribution is 5.75. The fraction of sp³-hybridized carbons (Fsp3) is 0.684. The number of carbonyl (C=O) groups is 2. The van der Waals surface area contributed by atoms with Gasteiger partial charge in [0.05, 0.1) is 24.5 Å². The van der Waals surface area contributed by atoms with Crippen LogP contribution in [0.25, 0.3) is 0 Å². The molecule has 0 radical (unpaired) electrons. The monoisotopic (exact) mass is 419 g/mol. The Hall–Kier alpha value is -2.82. The van der Waals surface area contributed by atoms with Crippen LogP contribution in [0, 0.1) is 0 Å². The Bertz CT molecular complexity index is 722. The van der Waals surface area contributed by atoms with Crippen LogP contribution in [0.2, 0.25) is 0 Å². The molecule has 0 atom stereocenters. The van der Waals surface area contributed by atoms with E-state index < -0.39 is 0 Å². The SMILES string of the molecule is CCC(=O)NCCc1cn(CCN(C)CCn2cc(CCNC(=O)CC)nn2)nn1. The molecule has 2 amide bonds. The van der Waals surface area contributed by atoms with Crippen molar-refractivity contribution < 1.29 is 9.59 Å². The minimum atomic E-state index is 0.0479. The molecule has 30 heavy (non-hydrogen) atoms. The molecule has 0 saturated carbocycles. The number of likely N-dealkylation sites (N-methyl/N-ethyl adjacent to an activating group) is 1. The van der Waals surface area contributed by atoms with Gasteiger partial charge in [0.2, 0.25) is 11.8 Å². The van der Waals surface area contributed by atoms with Crippen LogP contribution in [-0.2, 0) is 35.5 Å². The molecule has 166 valence electrons. The van der Waals surface area contributed by atoms with Gasteiger partial charge in [-0.2, -0.15) is 0 Å². The largest absolute Gasteiger partial charge is 0.356 e. The highest BCUT2D eigenvalue weighted by atomic mass is 16.2. The first kappa shape index (κ1) is 23.5. The van der Waals surface area contributed by atoms with Gasteiger partial charge in [0.1, 0.15) is 0 Å². The number of nitrogens with zero attached hydrogens (tertiary/aromatic N) is 7. The fourth-order valence-corrected chi connectivity index (χ4v) is 2.69. The standard InChI is InChI=1S/C19H33N9O2/c1-4-18(29)20-8-6-16-14-27(24-22-16)12-10-26(3)11-13-28-15-17(23-25-28)7-9-21-19(30)5-2/h14-15H,4-13H2,1-3H3,(H,20,29)(H,21,30). The van der Waals surface area contributed by atoms with Crippen molar-refractivity contribution in [1.82, 2.24) is 45.5 Å². The smallest absolute Gasteiger partial charge is 0.219 e. The van der Waals surface area contributed by atoms with Gasteiger partial charge >= 0.3 is 0 Å². The van der Waals surface area contributed by atoms with Crippen molar-refractivity contribution in [3.8, 4) is 0 Å². The quantitative estimate of drug-likeness (QED) is 0.429. The lowest BCUT2D eigenvalue weighted by atomic mass is 10.3. The Kier molecular flexibility index (Phi) is 9.92. The second-order valence-electron chi connectivity index (χ2n) is 7.16. The van der Waals surface area contributed by atoms with Gasteiger partial charge < -0.3 is 15.5 Å². The zero-order valence-corrected chi connectivity index (χ0v) is 18.2. The van der Waals surface area contributed by atoms with Gasteiger partial charge in [-0.05, 0) is 7.05 Å². The molecule has 2 heterocycles. The maximum Gasteiger partial charge on any atom is 0.219 e. The first-order chi connectivity index (χ1) is 14.5. The summed E-state index contributed by atoms with van der Waals surface area (Å²) in [7, 11) is 2.05. The van der Waals surface area contributed by atoms with Crippen LogP contribution < -0.4 is 10.6 Å². The summed E-state index contributed by atoms with van der Waals surface area (Å²) in [6.07, 6.45) is 6.19. The second kappa shape index (κ2) is 12.7. The molecule has 0 spiro atoms. The van der Waals surface area contributed by atoms with Crippen molar-refractivity contribution in [3.63, 3.8) is 0 Å². The Balaban J connectivity index is 1.63. The van der Waals surface area contributed by atoms with Crippen molar-refractivity contribution in [2.75, 3.05) is 33.2 Å². The highest BCUT2D eigenvalue weighted by Gasteiger charge is 2.06. The molecule has 0 unspecified atom stereocenters. The summed E-state index contributed by atoms with van der Waals surface area (Å²) < 4.78 is 3.65. The van der Waals surface area contributed by atoms with E-state index in [9.17, 15) is 9.59 Å². The van der Waals surface area contributed by atoms with Crippen LogP contribution in [0.3, 0.4) is 0 Å². The van der Waals surface area contributed by atoms with Crippen LogP contribution in [0.1, 0.15) is 38.1 Å². The average Bonchev–Trinajstić information content (AvgIpc) is 3.39. The van der Waals surface area contributed by atoms with Crippen LogP contribution >= 0.6 is 0 Å². The lowest BCUT2D eigenvalue weighted by Crippen LogP contribution is -2.27. The summed E-state index contributed by atoms with van der Waals surface area (Å²) >= 11 is 0. The van der Waals surface area contributed by atoms with E-state index in [0.29, 0.717) is 38.8 Å². The summed E-state index contributed by atoms with van der Waals surface area (Å²) in [5.74, 6) is 0.0959. The van der Waals surface area contributed by atoms with Gasteiger partial charge in [0.25, 0.3) is 0 Å². The molecule has 11 heteroatoms. The third-order valence-electron chi connectivity index (χ3n) is 4.64. The molecule has 2 aromatic heterocycles. The molecule has 2 aromatic rings. The van der Waals surface area contributed by atoms with Crippen molar-refractivity contribution in [1.29, 1.82) is 0 Å². The molecular formula is C19H33N9O2. The molecule has 2 N–H and O–H groups in total. The summed E-state index contributed by atoms with van der Waals surface area (Å²) in [4.78, 5) is 24.7. The van der Waals surface area contributed by atoms with E-state index in [1.807, 2.05) is 35.6 Å². The maximum atomic E-state index is 11.2. The number of nitrogens with one attached hydrogen (secondary N) is 2. The van der Waals surface area contributed by atoms with Gasteiger partial charge in [0.15, 0.2) is 0 Å². The average molecular weight is 420 g/mol. The Labute approximate surface area is 177 Å². The van der Waals surface area contributed by atoms with E-state index in [0.717, 1.165) is 37.6 Å². The molecule has 0 fully saturated rings. The summed E-state index contributed by atoms with van der Waals surface area (Å²) in [5, 5.41) is 22.3. The number of carbonyl (C=O) groups excluding carboxylic acids is 2. The second-order valence-corrected chi connectivity index (χ2v) is 7.16. The lowest BCUT2D eigenvalue weighted by molar-refractivity contribution is -0.121. The Morgan fingerprint density at radius 2 is 1.30 bits per heavy atom. The van der Waals surface area contributed by atoms with Gasteiger partial charge in [-0.1, -0.05) is 24.3 Å². The zero-order chi connectivity index (χ0) is 21.8. The maximum absolute atomic E-state index is 11.2. The topological polar surface area (TPSA) is 123 Å². The zero-order valence-electron chi connectivity index (χ0n) is 18.2. The van der Waals surface area contributed by atoms with Gasteiger partial charge in [0, 0.05) is 64.3 Å². The molecule has 0 aliphatic heterocycles. The fourth-order valence-electron chi connectivity index (χ4n) is 2.69. The number of aromatic nitrogens is 6. The minimum Gasteiger partial charge on any atom is -0.356 e. The van der Waals surface area contributed by atoms with E-state index in [4.69, 9.17) is 0 Å².